The molecule has 0 radical (unpaired) electrons. The third-order valence-electron chi connectivity index (χ3n) is 4.46. The summed E-state index contributed by atoms with van der Waals surface area (Å²) in [6.45, 7) is 6.32. The second kappa shape index (κ2) is 5.57. The van der Waals surface area contributed by atoms with E-state index in [0.717, 1.165) is 25.7 Å². The highest BCUT2D eigenvalue weighted by molar-refractivity contribution is 5.79. The van der Waals surface area contributed by atoms with Crippen molar-refractivity contribution >= 4 is 5.91 Å². The standard InChI is InChI=1S/C14H28N2O2/c1-13(2,3)16(5)12(18)11-6-8-14(10-17,15-4)9-7-11/h11,15,17H,6-10H2,1-5H3. The Morgan fingerprint density at radius 3 is 2.22 bits per heavy atom. The van der Waals surface area contributed by atoms with Crippen LogP contribution in [0.5, 0.6) is 0 Å². The largest absolute Gasteiger partial charge is 0.394 e. The van der Waals surface area contributed by atoms with E-state index in [4.69, 9.17) is 0 Å². The molecule has 0 saturated heterocycles. The topological polar surface area (TPSA) is 52.6 Å². The van der Waals surface area contributed by atoms with Gasteiger partial charge in [0.05, 0.1) is 6.61 Å². The van der Waals surface area contributed by atoms with Gasteiger partial charge in [0.1, 0.15) is 0 Å². The number of nitrogens with one attached hydrogen (secondary N) is 1. The van der Waals surface area contributed by atoms with Gasteiger partial charge < -0.3 is 15.3 Å². The van der Waals surface area contributed by atoms with Gasteiger partial charge in [-0.15, -0.1) is 0 Å². The van der Waals surface area contributed by atoms with Crippen molar-refractivity contribution in [1.29, 1.82) is 0 Å². The molecule has 0 aromatic rings. The highest BCUT2D eigenvalue weighted by Gasteiger charge is 2.38. The van der Waals surface area contributed by atoms with Gasteiger partial charge >= 0.3 is 0 Å². The number of rotatable bonds is 3. The fourth-order valence-corrected chi connectivity index (χ4v) is 2.51. The van der Waals surface area contributed by atoms with Gasteiger partial charge in [-0.25, -0.2) is 0 Å². The summed E-state index contributed by atoms with van der Waals surface area (Å²) in [5, 5.41) is 12.7. The van der Waals surface area contributed by atoms with Crippen LogP contribution in [0.1, 0.15) is 46.5 Å². The normalized spacial score (nSPS) is 29.1. The second-order valence-corrected chi connectivity index (χ2v) is 6.53. The molecule has 4 nitrogen and oxygen atoms in total. The van der Waals surface area contributed by atoms with Crippen molar-refractivity contribution in [3.8, 4) is 0 Å². The zero-order valence-electron chi connectivity index (χ0n) is 12.4. The molecule has 106 valence electrons. The van der Waals surface area contributed by atoms with E-state index in [2.05, 4.69) is 26.1 Å². The smallest absolute Gasteiger partial charge is 0.225 e. The first-order chi connectivity index (χ1) is 8.25. The Balaban J connectivity index is 2.61. The number of hydrogen-bond donors (Lipinski definition) is 2. The Morgan fingerprint density at radius 2 is 1.89 bits per heavy atom. The molecule has 1 aliphatic carbocycles. The maximum absolute atomic E-state index is 12.4. The molecule has 0 bridgehead atoms. The van der Waals surface area contributed by atoms with Gasteiger partial charge in [0.2, 0.25) is 5.91 Å². The van der Waals surface area contributed by atoms with Crippen LogP contribution in [0.15, 0.2) is 0 Å². The lowest BCUT2D eigenvalue weighted by Crippen LogP contribution is -2.52. The minimum Gasteiger partial charge on any atom is -0.394 e. The van der Waals surface area contributed by atoms with Crippen LogP contribution in [-0.2, 0) is 4.79 Å². The SMILES string of the molecule is CNC1(CO)CCC(C(=O)N(C)C(C)(C)C)CC1. The molecule has 0 aromatic carbocycles. The summed E-state index contributed by atoms with van der Waals surface area (Å²) >= 11 is 0. The van der Waals surface area contributed by atoms with Crippen molar-refractivity contribution < 1.29 is 9.90 Å². The molecule has 0 aliphatic heterocycles. The summed E-state index contributed by atoms with van der Waals surface area (Å²) in [6, 6.07) is 0. The molecule has 0 atom stereocenters. The number of carbonyl (C=O) groups excluding carboxylic acids is 1. The monoisotopic (exact) mass is 256 g/mol. The van der Waals surface area contributed by atoms with Crippen LogP contribution < -0.4 is 5.32 Å². The fourth-order valence-electron chi connectivity index (χ4n) is 2.51. The van der Waals surface area contributed by atoms with Gasteiger partial charge in [0, 0.05) is 24.0 Å². The average Bonchev–Trinajstić information content (AvgIpc) is 2.36. The van der Waals surface area contributed by atoms with Crippen LogP contribution in [0.2, 0.25) is 0 Å². The summed E-state index contributed by atoms with van der Waals surface area (Å²) in [5.74, 6) is 0.354. The van der Waals surface area contributed by atoms with Gasteiger partial charge in [-0.3, -0.25) is 4.79 Å². The minimum absolute atomic E-state index is 0.113. The number of carbonyl (C=O) groups is 1. The highest BCUT2D eigenvalue weighted by atomic mass is 16.3. The summed E-state index contributed by atoms with van der Waals surface area (Å²) in [7, 11) is 3.77. The maximum Gasteiger partial charge on any atom is 0.225 e. The molecule has 1 aliphatic rings. The van der Waals surface area contributed by atoms with Crippen LogP contribution in [0.25, 0.3) is 0 Å². The van der Waals surface area contributed by atoms with Crippen LogP contribution in [-0.4, -0.2) is 47.7 Å². The van der Waals surface area contributed by atoms with Gasteiger partial charge in [0.25, 0.3) is 0 Å². The first kappa shape index (κ1) is 15.4. The van der Waals surface area contributed by atoms with Crippen molar-refractivity contribution in [1.82, 2.24) is 10.2 Å². The lowest BCUT2D eigenvalue weighted by atomic mass is 9.76. The van der Waals surface area contributed by atoms with Crippen molar-refractivity contribution in [2.75, 3.05) is 20.7 Å². The van der Waals surface area contributed by atoms with E-state index in [1.165, 1.54) is 0 Å². The predicted octanol–water partition coefficient (Wildman–Crippen LogP) is 1.38. The summed E-state index contributed by atoms with van der Waals surface area (Å²) in [4.78, 5) is 14.2. The molecule has 1 rings (SSSR count). The third-order valence-corrected chi connectivity index (χ3v) is 4.46. The fraction of sp³-hybridized carbons (Fsp3) is 0.929. The molecular formula is C14H28N2O2. The molecule has 0 heterocycles. The van der Waals surface area contributed by atoms with E-state index in [1.807, 2.05) is 19.0 Å². The zero-order valence-corrected chi connectivity index (χ0v) is 12.4. The Bertz CT molecular complexity index is 283. The Kier molecular flexibility index (Phi) is 4.78. The van der Waals surface area contributed by atoms with E-state index < -0.39 is 0 Å². The summed E-state index contributed by atoms with van der Waals surface area (Å²) in [6.07, 6.45) is 3.46. The average molecular weight is 256 g/mol. The Morgan fingerprint density at radius 1 is 1.39 bits per heavy atom. The zero-order chi connectivity index (χ0) is 14.0. The molecular weight excluding hydrogens is 228 g/mol. The van der Waals surface area contributed by atoms with Crippen molar-refractivity contribution in [2.24, 2.45) is 5.92 Å². The quantitative estimate of drug-likeness (QED) is 0.802. The summed E-state index contributed by atoms with van der Waals surface area (Å²) in [5.41, 5.74) is -0.289. The minimum atomic E-state index is -0.170. The van der Waals surface area contributed by atoms with Crippen LogP contribution in [0, 0.1) is 5.92 Å². The van der Waals surface area contributed by atoms with Gasteiger partial charge in [-0.1, -0.05) is 0 Å². The number of likely N-dealkylation sites (N-methyl/N-ethyl adjacent to an activating group) is 1. The molecule has 1 saturated carbocycles. The van der Waals surface area contributed by atoms with E-state index in [9.17, 15) is 9.90 Å². The van der Waals surface area contributed by atoms with Crippen LogP contribution >= 0.6 is 0 Å². The number of nitrogens with zero attached hydrogens (tertiary/aromatic N) is 1. The number of aliphatic hydroxyl groups excluding tert-OH is 1. The molecule has 1 fully saturated rings. The molecule has 18 heavy (non-hydrogen) atoms. The molecule has 0 spiro atoms. The van der Waals surface area contributed by atoms with E-state index >= 15 is 0 Å². The number of amides is 1. The molecule has 0 aromatic heterocycles. The van der Waals surface area contributed by atoms with Crippen molar-refractivity contribution in [2.45, 2.75) is 57.5 Å². The summed E-state index contributed by atoms with van der Waals surface area (Å²) < 4.78 is 0. The van der Waals surface area contributed by atoms with Gasteiger partial charge in [-0.05, 0) is 53.5 Å². The van der Waals surface area contributed by atoms with Gasteiger partial charge in [-0.2, -0.15) is 0 Å². The first-order valence-electron chi connectivity index (χ1n) is 6.83. The maximum atomic E-state index is 12.4. The molecule has 1 amide bonds. The highest BCUT2D eigenvalue weighted by Crippen LogP contribution is 2.33. The Hall–Kier alpha value is -0.610. The second-order valence-electron chi connectivity index (χ2n) is 6.53. The number of aliphatic hydroxyl groups is 1. The van der Waals surface area contributed by atoms with E-state index in [0.29, 0.717) is 0 Å². The van der Waals surface area contributed by atoms with E-state index in [1.54, 1.807) is 0 Å². The van der Waals surface area contributed by atoms with Crippen molar-refractivity contribution in [3.63, 3.8) is 0 Å². The lowest BCUT2D eigenvalue weighted by Gasteiger charge is -2.41. The molecule has 2 N–H and O–H groups in total. The first-order valence-corrected chi connectivity index (χ1v) is 6.83. The number of hydrogen-bond acceptors (Lipinski definition) is 3. The molecule has 0 unspecified atom stereocenters. The van der Waals surface area contributed by atoms with Crippen molar-refractivity contribution in [3.05, 3.63) is 0 Å². The van der Waals surface area contributed by atoms with Gasteiger partial charge in [0.15, 0.2) is 0 Å². The predicted molar refractivity (Wildman–Crippen MR) is 73.4 cm³/mol. The van der Waals surface area contributed by atoms with E-state index in [-0.39, 0.29) is 29.5 Å². The van der Waals surface area contributed by atoms with Crippen LogP contribution in [0.3, 0.4) is 0 Å². The Labute approximate surface area is 111 Å². The van der Waals surface area contributed by atoms with Crippen LogP contribution in [0.4, 0.5) is 0 Å². The molecule has 4 heteroatoms. The third kappa shape index (κ3) is 3.23. The lowest BCUT2D eigenvalue weighted by molar-refractivity contribution is -0.140.